The zero-order valence-corrected chi connectivity index (χ0v) is 5.98. The molecule has 0 heterocycles. The molecule has 0 aromatic carbocycles. The zero-order valence-electron chi connectivity index (χ0n) is 5.98. The smallest absolute Gasteiger partial charge is 0.180 e. The summed E-state index contributed by atoms with van der Waals surface area (Å²) in [6.45, 7) is 7.20. The van der Waals surface area contributed by atoms with Gasteiger partial charge in [0, 0.05) is 0 Å². The third-order valence-electron chi connectivity index (χ3n) is 1.23. The molecule has 0 fully saturated rings. The summed E-state index contributed by atoms with van der Waals surface area (Å²) in [5, 5.41) is 0. The average Bonchev–Trinajstić information content (AvgIpc) is 1.90. The summed E-state index contributed by atoms with van der Waals surface area (Å²) in [4.78, 5) is 10.8. The third kappa shape index (κ3) is 2.27. The van der Waals surface area contributed by atoms with E-state index in [1.54, 1.807) is 0 Å². The standard InChI is InChI=1S/C8H12O/c1-4-7(5-2)8(9)6-3/h4,6H,3,5H2,1-2H3/b7-4+. The zero-order chi connectivity index (χ0) is 7.28. The highest BCUT2D eigenvalue weighted by molar-refractivity contribution is 6.03. The van der Waals surface area contributed by atoms with Crippen molar-refractivity contribution in [1.82, 2.24) is 0 Å². The Kier molecular flexibility index (Phi) is 3.69. The first-order chi connectivity index (χ1) is 4.26. The van der Waals surface area contributed by atoms with Gasteiger partial charge in [0.1, 0.15) is 0 Å². The fraction of sp³-hybridized carbons (Fsp3) is 0.375. The van der Waals surface area contributed by atoms with Crippen molar-refractivity contribution >= 4 is 5.78 Å². The highest BCUT2D eigenvalue weighted by Gasteiger charge is 1.98. The van der Waals surface area contributed by atoms with Gasteiger partial charge in [-0.3, -0.25) is 4.79 Å². The minimum Gasteiger partial charge on any atom is -0.290 e. The van der Waals surface area contributed by atoms with Gasteiger partial charge in [0.25, 0.3) is 0 Å². The van der Waals surface area contributed by atoms with Gasteiger partial charge in [-0.15, -0.1) is 0 Å². The summed E-state index contributed by atoms with van der Waals surface area (Å²) in [6.07, 6.45) is 3.96. The molecule has 0 aliphatic rings. The van der Waals surface area contributed by atoms with E-state index in [-0.39, 0.29) is 5.78 Å². The molecule has 0 aromatic rings. The molecule has 0 unspecified atom stereocenters. The lowest BCUT2D eigenvalue weighted by atomic mass is 10.1. The van der Waals surface area contributed by atoms with Crippen LogP contribution in [0.1, 0.15) is 20.3 Å². The molecule has 0 saturated carbocycles. The summed E-state index contributed by atoms with van der Waals surface area (Å²) in [5.41, 5.74) is 0.838. The lowest BCUT2D eigenvalue weighted by Crippen LogP contribution is -1.95. The van der Waals surface area contributed by atoms with E-state index in [2.05, 4.69) is 6.58 Å². The van der Waals surface area contributed by atoms with E-state index in [4.69, 9.17) is 0 Å². The highest BCUT2D eigenvalue weighted by atomic mass is 16.1. The number of ketones is 1. The second-order valence-corrected chi connectivity index (χ2v) is 1.74. The second kappa shape index (κ2) is 4.07. The Morgan fingerprint density at radius 3 is 2.33 bits per heavy atom. The molecule has 9 heavy (non-hydrogen) atoms. The Hall–Kier alpha value is -0.850. The van der Waals surface area contributed by atoms with Crippen LogP contribution < -0.4 is 0 Å². The number of hydrogen-bond donors (Lipinski definition) is 0. The summed E-state index contributed by atoms with van der Waals surface area (Å²) in [6, 6.07) is 0. The molecule has 0 atom stereocenters. The van der Waals surface area contributed by atoms with Crippen LogP contribution in [0, 0.1) is 0 Å². The molecular formula is C8H12O. The van der Waals surface area contributed by atoms with Crippen molar-refractivity contribution in [3.05, 3.63) is 24.3 Å². The van der Waals surface area contributed by atoms with Gasteiger partial charge in [-0.1, -0.05) is 19.6 Å². The third-order valence-corrected chi connectivity index (χ3v) is 1.23. The van der Waals surface area contributed by atoms with Gasteiger partial charge < -0.3 is 0 Å². The highest BCUT2D eigenvalue weighted by Crippen LogP contribution is 2.01. The van der Waals surface area contributed by atoms with E-state index in [1.807, 2.05) is 19.9 Å². The maximum Gasteiger partial charge on any atom is 0.180 e. The summed E-state index contributed by atoms with van der Waals surface area (Å²) < 4.78 is 0. The van der Waals surface area contributed by atoms with E-state index in [0.717, 1.165) is 12.0 Å². The van der Waals surface area contributed by atoms with Gasteiger partial charge in [0.05, 0.1) is 0 Å². The Labute approximate surface area is 56.1 Å². The summed E-state index contributed by atoms with van der Waals surface area (Å²) in [5.74, 6) is 0.0417. The quantitative estimate of drug-likeness (QED) is 0.526. The van der Waals surface area contributed by atoms with Gasteiger partial charge >= 0.3 is 0 Å². The maximum atomic E-state index is 10.8. The van der Waals surface area contributed by atoms with E-state index in [0.29, 0.717) is 0 Å². The normalized spacial score (nSPS) is 11.1. The molecule has 1 nitrogen and oxygen atoms in total. The molecule has 0 rings (SSSR count). The van der Waals surface area contributed by atoms with Crippen LogP contribution in [0.4, 0.5) is 0 Å². The van der Waals surface area contributed by atoms with Crippen LogP contribution in [0.2, 0.25) is 0 Å². The molecule has 0 spiro atoms. The molecule has 0 aliphatic carbocycles. The van der Waals surface area contributed by atoms with Crippen molar-refractivity contribution in [3.8, 4) is 0 Å². The van der Waals surface area contributed by atoms with Gasteiger partial charge in [0.2, 0.25) is 0 Å². The van der Waals surface area contributed by atoms with Gasteiger partial charge in [-0.2, -0.15) is 0 Å². The molecular weight excluding hydrogens is 112 g/mol. The summed E-state index contributed by atoms with van der Waals surface area (Å²) >= 11 is 0. The predicted molar refractivity (Wildman–Crippen MR) is 39.3 cm³/mol. The molecule has 1 heteroatoms. The Morgan fingerprint density at radius 1 is 1.67 bits per heavy atom. The van der Waals surface area contributed by atoms with Crippen molar-refractivity contribution in [3.63, 3.8) is 0 Å². The van der Waals surface area contributed by atoms with Crippen molar-refractivity contribution in [1.29, 1.82) is 0 Å². The van der Waals surface area contributed by atoms with E-state index in [9.17, 15) is 4.79 Å². The Morgan fingerprint density at radius 2 is 2.22 bits per heavy atom. The SMILES string of the molecule is C=CC(=O)/C(=C/C)CC. The van der Waals surface area contributed by atoms with E-state index < -0.39 is 0 Å². The van der Waals surface area contributed by atoms with Crippen LogP contribution in [0.25, 0.3) is 0 Å². The molecule has 0 amide bonds. The Balaban J connectivity index is 4.13. The maximum absolute atomic E-state index is 10.8. The fourth-order valence-electron chi connectivity index (χ4n) is 0.652. The van der Waals surface area contributed by atoms with E-state index in [1.165, 1.54) is 6.08 Å². The van der Waals surface area contributed by atoms with Crippen LogP contribution >= 0.6 is 0 Å². The number of allylic oxidation sites excluding steroid dienone is 3. The molecule has 0 aromatic heterocycles. The number of hydrogen-bond acceptors (Lipinski definition) is 1. The molecule has 0 aliphatic heterocycles. The topological polar surface area (TPSA) is 17.1 Å². The monoisotopic (exact) mass is 124 g/mol. The fourth-order valence-corrected chi connectivity index (χ4v) is 0.652. The second-order valence-electron chi connectivity index (χ2n) is 1.74. The predicted octanol–water partition coefficient (Wildman–Crippen LogP) is 2.10. The number of carbonyl (C=O) groups excluding carboxylic acids is 1. The number of rotatable bonds is 3. The first kappa shape index (κ1) is 8.15. The largest absolute Gasteiger partial charge is 0.290 e. The molecule has 0 bridgehead atoms. The minimum atomic E-state index is 0.0417. The first-order valence-electron chi connectivity index (χ1n) is 3.08. The van der Waals surface area contributed by atoms with Crippen molar-refractivity contribution in [2.45, 2.75) is 20.3 Å². The van der Waals surface area contributed by atoms with Crippen LogP contribution in [0.5, 0.6) is 0 Å². The van der Waals surface area contributed by atoms with Crippen LogP contribution in [-0.4, -0.2) is 5.78 Å². The van der Waals surface area contributed by atoms with Crippen LogP contribution in [-0.2, 0) is 4.79 Å². The average molecular weight is 124 g/mol. The molecule has 0 radical (unpaired) electrons. The summed E-state index contributed by atoms with van der Waals surface area (Å²) in [7, 11) is 0. The first-order valence-corrected chi connectivity index (χ1v) is 3.08. The van der Waals surface area contributed by atoms with Gasteiger partial charge in [-0.25, -0.2) is 0 Å². The Bertz CT molecular complexity index is 143. The number of carbonyl (C=O) groups is 1. The van der Waals surface area contributed by atoms with Crippen LogP contribution in [0.3, 0.4) is 0 Å². The van der Waals surface area contributed by atoms with E-state index >= 15 is 0 Å². The lowest BCUT2D eigenvalue weighted by molar-refractivity contribution is -0.111. The van der Waals surface area contributed by atoms with Gasteiger partial charge in [-0.05, 0) is 25.0 Å². The minimum absolute atomic E-state index is 0.0417. The lowest BCUT2D eigenvalue weighted by Gasteiger charge is -1.94. The molecule has 50 valence electrons. The van der Waals surface area contributed by atoms with Crippen molar-refractivity contribution in [2.24, 2.45) is 0 Å². The van der Waals surface area contributed by atoms with Gasteiger partial charge in [0.15, 0.2) is 5.78 Å². The molecule has 0 saturated heterocycles. The molecule has 0 N–H and O–H groups in total. The van der Waals surface area contributed by atoms with Crippen LogP contribution in [0.15, 0.2) is 24.3 Å². The van der Waals surface area contributed by atoms with Crippen molar-refractivity contribution in [2.75, 3.05) is 0 Å². The van der Waals surface area contributed by atoms with Crippen molar-refractivity contribution < 1.29 is 4.79 Å².